The molecule has 19 atom stereocenters. The Morgan fingerprint density at radius 2 is 1.28 bits per heavy atom. The van der Waals surface area contributed by atoms with Gasteiger partial charge in [-0.15, -0.1) is 0 Å². The van der Waals surface area contributed by atoms with Crippen molar-refractivity contribution in [2.75, 3.05) is 27.2 Å². The quantitative estimate of drug-likeness (QED) is 0.123. The fourth-order valence-corrected chi connectivity index (χ4v) is 8.70. The third kappa shape index (κ3) is 21.9. The summed E-state index contributed by atoms with van der Waals surface area (Å²) in [5.41, 5.74) is 6.11. The second-order valence-corrected chi connectivity index (χ2v) is 19.7. The van der Waals surface area contributed by atoms with Crippen LogP contribution in [0.2, 0.25) is 0 Å². The van der Waals surface area contributed by atoms with E-state index in [9.17, 15) is 60.7 Å². The normalized spacial score (nSPS) is 42.7. The maximum Gasteiger partial charge on any atom is 0.308 e. The van der Waals surface area contributed by atoms with Gasteiger partial charge in [-0.1, -0.05) is 98.9 Å². The summed E-state index contributed by atoms with van der Waals surface area (Å²) in [5, 5.41) is 113. The Balaban J connectivity index is 1.93. The Labute approximate surface area is 419 Å². The van der Waals surface area contributed by atoms with E-state index in [0.717, 1.165) is 0 Å². The number of fused-ring (bicyclic) bond motifs is 2. The van der Waals surface area contributed by atoms with Crippen molar-refractivity contribution < 1.29 is 79.6 Å². The number of nitrogens with two attached hydrogens (primary N) is 1. The summed E-state index contributed by atoms with van der Waals surface area (Å²) < 4.78 is 23.8. The van der Waals surface area contributed by atoms with Crippen LogP contribution in [0, 0.1) is 17.8 Å². The zero-order valence-electron chi connectivity index (χ0n) is 42.2. The third-order valence-corrected chi connectivity index (χ3v) is 13.1. The first-order chi connectivity index (χ1) is 33.5. The summed E-state index contributed by atoms with van der Waals surface area (Å²) >= 11 is 0. The lowest BCUT2D eigenvalue weighted by Crippen LogP contribution is -2.62. The number of carbonyl (C=O) groups excluding carboxylic acids is 2. The van der Waals surface area contributed by atoms with Crippen LogP contribution in [0.3, 0.4) is 0 Å². The average molecular weight is 1010 g/mol. The lowest BCUT2D eigenvalue weighted by atomic mass is 9.82. The first-order valence-corrected chi connectivity index (χ1v) is 24.9. The largest absolute Gasteiger partial charge is 0.462 e. The predicted molar refractivity (Wildman–Crippen MR) is 266 cm³/mol. The van der Waals surface area contributed by atoms with E-state index >= 15 is 0 Å². The van der Waals surface area contributed by atoms with Crippen LogP contribution >= 0.6 is 0 Å². The van der Waals surface area contributed by atoms with Gasteiger partial charge in [0.15, 0.2) is 12.1 Å². The molecule has 0 aliphatic carbocycles. The molecule has 0 aromatic heterocycles. The highest BCUT2D eigenvalue weighted by Gasteiger charge is 2.51. The van der Waals surface area contributed by atoms with Crippen LogP contribution in [0.15, 0.2) is 85.1 Å². The molecular weight excluding hydrogens is 923 g/mol. The molecule has 0 saturated carbocycles. The van der Waals surface area contributed by atoms with Gasteiger partial charge in [-0.25, -0.2) is 0 Å². The van der Waals surface area contributed by atoms with Crippen LogP contribution in [-0.2, 0) is 28.5 Å². The van der Waals surface area contributed by atoms with E-state index < -0.39 is 140 Å². The summed E-state index contributed by atoms with van der Waals surface area (Å²) in [5.74, 6) is -5.58. The van der Waals surface area contributed by atoms with Gasteiger partial charge in [-0.05, 0) is 66.6 Å². The standard InChI is InChI=1S/C52H85N3O16/c1-32-20-17-15-13-11-9-7-8-10-12-14-16-18-21-39(70-51-49(65)46(53)48(64)35(4)69-51)29-43-45(50(66)54-24-19-25-55(5)6)42(61)31-52(67,71-43)30-41(60)40(59)23-22-36(56)26-37(57)27-38(58)28-44(62)68-34(3)33(2)47(32)63/h7-18,20-21,32-43,45-49,51,56-61,63-65,67H,19,22-31,53H2,1-6H3,(H,54,66)/b8-7-,11-9-,12-10-,15-13-,16-14-,20-17-,21-18+/t32-,33-,34-,35-,36+,37+,38+,39-,40+,41+,42-,43-,45+,46+,47+,48-,49+,51+,52+/m0/s1. The first-order valence-electron chi connectivity index (χ1n) is 24.9. The van der Waals surface area contributed by atoms with Crippen molar-refractivity contribution in [2.45, 2.75) is 183 Å². The van der Waals surface area contributed by atoms with Crippen molar-refractivity contribution in [3.63, 3.8) is 0 Å². The van der Waals surface area contributed by atoms with Crippen LogP contribution in [0.4, 0.5) is 0 Å². The Kier molecular flexibility index (Phi) is 27.3. The van der Waals surface area contributed by atoms with Crippen LogP contribution in [0.1, 0.15) is 85.5 Å². The average Bonchev–Trinajstić information content (AvgIpc) is 3.28. The molecule has 3 heterocycles. The van der Waals surface area contributed by atoms with Crippen LogP contribution in [-0.4, -0.2) is 192 Å². The number of cyclic esters (lactones) is 1. The number of nitrogens with one attached hydrogen (secondary N) is 1. The van der Waals surface area contributed by atoms with Crippen LogP contribution < -0.4 is 11.1 Å². The minimum atomic E-state index is -2.29. The summed E-state index contributed by atoms with van der Waals surface area (Å²) in [6, 6.07) is -1.13. The molecule has 3 aliphatic heterocycles. The lowest BCUT2D eigenvalue weighted by Gasteiger charge is -2.46. The van der Waals surface area contributed by atoms with Gasteiger partial charge >= 0.3 is 5.97 Å². The highest BCUT2D eigenvalue weighted by molar-refractivity contribution is 5.80. The minimum Gasteiger partial charge on any atom is -0.462 e. The van der Waals surface area contributed by atoms with E-state index in [0.29, 0.717) is 13.0 Å². The Morgan fingerprint density at radius 1 is 0.718 bits per heavy atom. The van der Waals surface area contributed by atoms with E-state index in [-0.39, 0.29) is 44.6 Å². The molecule has 1 amide bonds. The van der Waals surface area contributed by atoms with Crippen molar-refractivity contribution in [3.8, 4) is 0 Å². The number of aliphatic hydroxyl groups excluding tert-OH is 9. The number of allylic oxidation sites excluding steroid dienone is 12. The van der Waals surface area contributed by atoms with Gasteiger partial charge < -0.3 is 86.0 Å². The van der Waals surface area contributed by atoms with Crippen molar-refractivity contribution >= 4 is 11.9 Å². The van der Waals surface area contributed by atoms with E-state index in [1.54, 1.807) is 63.3 Å². The number of esters is 1. The second kappa shape index (κ2) is 31.3. The van der Waals surface area contributed by atoms with Gasteiger partial charge in [0.2, 0.25) is 5.91 Å². The van der Waals surface area contributed by atoms with Gasteiger partial charge in [0, 0.05) is 37.6 Å². The molecule has 0 radical (unpaired) electrons. The number of nitrogens with zero attached hydrogens (tertiary/aromatic N) is 1. The molecule has 19 heteroatoms. The molecule has 2 fully saturated rings. The van der Waals surface area contributed by atoms with E-state index in [4.69, 9.17) is 24.7 Å². The number of rotatable bonds is 7. The monoisotopic (exact) mass is 1010 g/mol. The maximum absolute atomic E-state index is 13.8. The minimum absolute atomic E-state index is 0.118. The van der Waals surface area contributed by atoms with E-state index in [1.165, 1.54) is 0 Å². The molecule has 3 rings (SSSR count). The van der Waals surface area contributed by atoms with Crippen molar-refractivity contribution in [1.29, 1.82) is 0 Å². The zero-order chi connectivity index (χ0) is 52.8. The third-order valence-electron chi connectivity index (χ3n) is 13.1. The fourth-order valence-electron chi connectivity index (χ4n) is 8.70. The van der Waals surface area contributed by atoms with Crippen molar-refractivity contribution in [2.24, 2.45) is 23.5 Å². The number of ether oxygens (including phenoxy) is 4. The Hall–Kier alpha value is -3.48. The molecule has 404 valence electrons. The zero-order valence-corrected chi connectivity index (χ0v) is 42.2. The molecule has 19 nitrogen and oxygen atoms in total. The molecular formula is C52H85N3O16. The van der Waals surface area contributed by atoms with E-state index in [2.05, 4.69) is 5.32 Å². The SMILES string of the molecule is C[C@@H]1[C@H](O)[C@@H](C)\C=C/C=C\C=C/C=C\C=C/C=C\C=C\[C@H](O[C@H]2O[C@@H](C)[C@H](O)[C@@H](N)[C@H]2O)C[C@@H]2O[C@](O)(C[C@@H](O)[C@H](O)CC[C@@H](O)C[C@@H](O)C[C@@H](O)CC(=O)O[C@H]1C)C[C@H](O)[C@H]2C(=O)NCCCN(C)C. The van der Waals surface area contributed by atoms with Gasteiger partial charge in [-0.3, -0.25) is 9.59 Å². The topological polar surface area (TPSA) is 315 Å². The van der Waals surface area contributed by atoms with Crippen LogP contribution in [0.5, 0.6) is 0 Å². The molecule has 2 saturated heterocycles. The van der Waals surface area contributed by atoms with Crippen molar-refractivity contribution in [3.05, 3.63) is 85.1 Å². The summed E-state index contributed by atoms with van der Waals surface area (Å²) in [6.07, 6.45) is 5.59. The molecule has 13 N–H and O–H groups in total. The number of hydrogen-bond acceptors (Lipinski definition) is 18. The van der Waals surface area contributed by atoms with Crippen molar-refractivity contribution in [1.82, 2.24) is 10.2 Å². The molecule has 0 aromatic carbocycles. The maximum atomic E-state index is 13.8. The Bertz CT molecular complexity index is 1790. The number of carbonyl (C=O) groups is 2. The molecule has 71 heavy (non-hydrogen) atoms. The molecule has 3 aliphatic rings. The summed E-state index contributed by atoms with van der Waals surface area (Å²) in [4.78, 5) is 28.5. The number of amides is 1. The van der Waals surface area contributed by atoms with Gasteiger partial charge in [0.05, 0.1) is 85.5 Å². The molecule has 0 aromatic rings. The smallest absolute Gasteiger partial charge is 0.308 e. The number of hydrogen-bond donors (Lipinski definition) is 12. The van der Waals surface area contributed by atoms with E-state index in [1.807, 2.05) is 68.5 Å². The summed E-state index contributed by atoms with van der Waals surface area (Å²) in [7, 11) is 3.78. The molecule has 0 spiro atoms. The predicted octanol–water partition coefficient (Wildman–Crippen LogP) is 0.695. The van der Waals surface area contributed by atoms with Crippen LogP contribution in [0.25, 0.3) is 0 Å². The van der Waals surface area contributed by atoms with Gasteiger partial charge in [0.25, 0.3) is 0 Å². The molecule has 2 bridgehead atoms. The highest BCUT2D eigenvalue weighted by Crippen LogP contribution is 2.38. The first kappa shape index (κ1) is 61.8. The highest BCUT2D eigenvalue weighted by atomic mass is 16.7. The number of aliphatic hydroxyl groups is 10. The van der Waals surface area contributed by atoms with Gasteiger partial charge in [0.1, 0.15) is 12.2 Å². The second-order valence-electron chi connectivity index (χ2n) is 19.7. The summed E-state index contributed by atoms with van der Waals surface area (Å²) in [6.45, 7) is 7.74. The fraction of sp³-hybridized carbons (Fsp3) is 0.692. The lowest BCUT2D eigenvalue weighted by molar-refractivity contribution is -0.308. The van der Waals surface area contributed by atoms with Gasteiger partial charge in [-0.2, -0.15) is 0 Å². The molecule has 0 unspecified atom stereocenters. The Morgan fingerprint density at radius 3 is 1.89 bits per heavy atom.